The van der Waals surface area contributed by atoms with Gasteiger partial charge < -0.3 is 0 Å². The van der Waals surface area contributed by atoms with Crippen molar-refractivity contribution in [3.63, 3.8) is 0 Å². The maximum absolute atomic E-state index is 13.8. The summed E-state index contributed by atoms with van der Waals surface area (Å²) in [5.74, 6) is -2.09. The third-order valence-electron chi connectivity index (χ3n) is 5.43. The second-order valence-electron chi connectivity index (χ2n) is 7.64. The molecule has 1 aromatic heterocycles. The second kappa shape index (κ2) is 7.85. The zero-order valence-corrected chi connectivity index (χ0v) is 17.2. The number of carbonyl (C=O) groups excluding carboxylic acids is 1. The third-order valence-corrected chi connectivity index (χ3v) is 5.43. The van der Waals surface area contributed by atoms with Gasteiger partial charge in [-0.25, -0.2) is 13.8 Å². The Hall–Kier alpha value is -4.12. The molecular weight excluding hydrogens is 406 g/mol. The molecule has 3 nitrogen and oxygen atoms in total. The van der Waals surface area contributed by atoms with Crippen molar-refractivity contribution in [2.75, 3.05) is 0 Å². The Morgan fingerprint density at radius 1 is 0.750 bits per heavy atom. The monoisotopic (exact) mass is 424 g/mol. The molecule has 0 atom stereocenters. The van der Waals surface area contributed by atoms with Crippen molar-refractivity contribution in [3.8, 4) is 22.5 Å². The minimum absolute atomic E-state index is 0.0480. The third kappa shape index (κ3) is 3.48. The van der Waals surface area contributed by atoms with Crippen LogP contribution in [0.3, 0.4) is 0 Å². The van der Waals surface area contributed by atoms with Crippen LogP contribution in [0.2, 0.25) is 0 Å². The summed E-state index contributed by atoms with van der Waals surface area (Å²) < 4.78 is 28.7. The molecule has 5 heteroatoms. The molecule has 0 N–H and O–H groups in total. The standard InChI is InChI=1S/C27H18F2N2O/c1-17-7-14-24-25(15-17)31(27(32)21-12-13-22(28)23(29)16-21)26(30-24)20-10-8-19(9-11-20)18-5-3-2-4-6-18/h2-16H,1H3. The van der Waals surface area contributed by atoms with Crippen molar-refractivity contribution in [2.24, 2.45) is 0 Å². The van der Waals surface area contributed by atoms with Crippen LogP contribution in [0.15, 0.2) is 91.0 Å². The SMILES string of the molecule is Cc1ccc2nc(-c3ccc(-c4ccccc4)cc3)n(C(=O)c3ccc(F)c(F)c3)c2c1. The summed E-state index contributed by atoms with van der Waals surface area (Å²) in [6.45, 7) is 1.92. The normalized spacial score (nSPS) is 11.1. The topological polar surface area (TPSA) is 34.9 Å². The van der Waals surface area contributed by atoms with Crippen molar-refractivity contribution in [2.45, 2.75) is 6.92 Å². The predicted molar refractivity (Wildman–Crippen MR) is 121 cm³/mol. The average Bonchev–Trinajstić information content (AvgIpc) is 3.19. The summed E-state index contributed by atoms with van der Waals surface area (Å²) in [4.78, 5) is 18.1. The minimum Gasteiger partial charge on any atom is -0.268 e. The van der Waals surface area contributed by atoms with Gasteiger partial charge in [-0.1, -0.05) is 60.7 Å². The highest BCUT2D eigenvalue weighted by molar-refractivity contribution is 6.04. The van der Waals surface area contributed by atoms with Crippen LogP contribution in [0.4, 0.5) is 8.78 Å². The molecule has 0 saturated heterocycles. The summed E-state index contributed by atoms with van der Waals surface area (Å²) in [6, 6.07) is 26.5. The van der Waals surface area contributed by atoms with Crippen molar-refractivity contribution >= 4 is 16.9 Å². The Balaban J connectivity index is 1.66. The van der Waals surface area contributed by atoms with Gasteiger partial charge >= 0.3 is 0 Å². The van der Waals surface area contributed by atoms with Gasteiger partial charge in [-0.3, -0.25) is 9.36 Å². The second-order valence-corrected chi connectivity index (χ2v) is 7.64. The van der Waals surface area contributed by atoms with Crippen molar-refractivity contribution in [1.82, 2.24) is 9.55 Å². The van der Waals surface area contributed by atoms with Crippen LogP contribution in [-0.2, 0) is 0 Å². The van der Waals surface area contributed by atoms with Crippen molar-refractivity contribution < 1.29 is 13.6 Å². The molecular formula is C27H18F2N2O. The van der Waals surface area contributed by atoms with E-state index in [0.717, 1.165) is 34.4 Å². The Labute approximate surface area is 183 Å². The first-order valence-electron chi connectivity index (χ1n) is 10.2. The molecule has 0 aliphatic heterocycles. The number of fused-ring (bicyclic) bond motifs is 1. The smallest absolute Gasteiger partial charge is 0.264 e. The fourth-order valence-corrected chi connectivity index (χ4v) is 3.79. The van der Waals surface area contributed by atoms with E-state index in [0.29, 0.717) is 16.9 Å². The lowest BCUT2D eigenvalue weighted by Crippen LogP contribution is -2.14. The lowest BCUT2D eigenvalue weighted by atomic mass is 10.0. The van der Waals surface area contributed by atoms with E-state index < -0.39 is 17.5 Å². The van der Waals surface area contributed by atoms with E-state index in [2.05, 4.69) is 4.98 Å². The molecule has 0 unspecified atom stereocenters. The number of imidazole rings is 1. The first-order valence-corrected chi connectivity index (χ1v) is 10.2. The van der Waals surface area contributed by atoms with E-state index in [1.54, 1.807) is 0 Å². The Kier molecular flexibility index (Phi) is 4.86. The first-order chi connectivity index (χ1) is 15.5. The minimum atomic E-state index is -1.06. The molecule has 0 aliphatic rings. The van der Waals surface area contributed by atoms with Gasteiger partial charge in [0.1, 0.15) is 5.82 Å². The molecule has 0 radical (unpaired) electrons. The van der Waals surface area contributed by atoms with Crippen LogP contribution in [0.25, 0.3) is 33.5 Å². The molecule has 0 spiro atoms. The first kappa shape index (κ1) is 19.8. The number of nitrogens with zero attached hydrogens (tertiary/aromatic N) is 2. The highest BCUT2D eigenvalue weighted by Gasteiger charge is 2.21. The van der Waals surface area contributed by atoms with Crippen LogP contribution >= 0.6 is 0 Å². The number of aromatic nitrogens is 2. The van der Waals surface area contributed by atoms with Gasteiger partial charge in [-0.15, -0.1) is 0 Å². The lowest BCUT2D eigenvalue weighted by Gasteiger charge is -2.10. The van der Waals surface area contributed by atoms with E-state index in [1.807, 2.05) is 79.7 Å². The zero-order chi connectivity index (χ0) is 22.2. The van der Waals surface area contributed by atoms with Gasteiger partial charge in [0.15, 0.2) is 11.6 Å². The number of benzene rings is 4. The molecule has 5 aromatic rings. The Morgan fingerprint density at radius 3 is 2.16 bits per heavy atom. The Morgan fingerprint density at radius 2 is 1.44 bits per heavy atom. The quantitative estimate of drug-likeness (QED) is 0.325. The van der Waals surface area contributed by atoms with E-state index in [4.69, 9.17) is 0 Å². The molecule has 1 heterocycles. The number of rotatable bonds is 3. The van der Waals surface area contributed by atoms with Gasteiger partial charge in [0.25, 0.3) is 5.91 Å². The largest absolute Gasteiger partial charge is 0.268 e. The van der Waals surface area contributed by atoms with E-state index >= 15 is 0 Å². The molecule has 5 rings (SSSR count). The fraction of sp³-hybridized carbons (Fsp3) is 0.0370. The maximum atomic E-state index is 13.8. The number of halogens is 2. The van der Waals surface area contributed by atoms with Crippen LogP contribution in [0.5, 0.6) is 0 Å². The van der Waals surface area contributed by atoms with Crippen molar-refractivity contribution in [3.05, 3.63) is 114 Å². The zero-order valence-electron chi connectivity index (χ0n) is 17.2. The molecule has 4 aromatic carbocycles. The van der Waals surface area contributed by atoms with Crippen LogP contribution in [0, 0.1) is 18.6 Å². The lowest BCUT2D eigenvalue weighted by molar-refractivity contribution is 0.0965. The summed E-state index contributed by atoms with van der Waals surface area (Å²) in [5, 5.41) is 0. The van der Waals surface area contributed by atoms with Crippen molar-refractivity contribution in [1.29, 1.82) is 0 Å². The maximum Gasteiger partial charge on any atom is 0.264 e. The summed E-state index contributed by atoms with van der Waals surface area (Å²) >= 11 is 0. The highest BCUT2D eigenvalue weighted by Crippen LogP contribution is 2.29. The number of aryl methyl sites for hydroxylation is 1. The average molecular weight is 424 g/mol. The molecule has 0 saturated carbocycles. The molecule has 0 aliphatic carbocycles. The van der Waals surface area contributed by atoms with E-state index in [9.17, 15) is 13.6 Å². The highest BCUT2D eigenvalue weighted by atomic mass is 19.2. The van der Waals surface area contributed by atoms with E-state index in [1.165, 1.54) is 10.6 Å². The molecule has 0 fully saturated rings. The van der Waals surface area contributed by atoms with Crippen LogP contribution < -0.4 is 0 Å². The molecule has 32 heavy (non-hydrogen) atoms. The van der Waals surface area contributed by atoms with Gasteiger partial charge in [0, 0.05) is 11.1 Å². The number of hydrogen-bond donors (Lipinski definition) is 0. The van der Waals surface area contributed by atoms with Gasteiger partial charge in [0.2, 0.25) is 0 Å². The Bertz CT molecular complexity index is 1460. The van der Waals surface area contributed by atoms with Gasteiger partial charge in [-0.05, 0) is 53.9 Å². The predicted octanol–water partition coefficient (Wildman–Crippen LogP) is 6.65. The number of hydrogen-bond acceptors (Lipinski definition) is 2. The number of carbonyl (C=O) groups is 1. The molecule has 156 valence electrons. The molecule has 0 bridgehead atoms. The van der Waals surface area contributed by atoms with E-state index in [-0.39, 0.29) is 5.56 Å². The summed E-state index contributed by atoms with van der Waals surface area (Å²) in [7, 11) is 0. The van der Waals surface area contributed by atoms with Gasteiger partial charge in [-0.2, -0.15) is 0 Å². The fourth-order valence-electron chi connectivity index (χ4n) is 3.79. The summed E-state index contributed by atoms with van der Waals surface area (Å²) in [5.41, 5.74) is 5.14. The summed E-state index contributed by atoms with van der Waals surface area (Å²) in [6.07, 6.45) is 0. The van der Waals surface area contributed by atoms with Crippen LogP contribution in [0.1, 0.15) is 15.9 Å². The van der Waals surface area contributed by atoms with Gasteiger partial charge in [0.05, 0.1) is 11.0 Å². The molecule has 0 amide bonds. The van der Waals surface area contributed by atoms with Crippen LogP contribution in [-0.4, -0.2) is 15.5 Å².